The van der Waals surface area contributed by atoms with Crippen LogP contribution in [0.15, 0.2) is 48.5 Å². The van der Waals surface area contributed by atoms with Crippen molar-refractivity contribution in [2.75, 3.05) is 5.09 Å². The summed E-state index contributed by atoms with van der Waals surface area (Å²) in [4.78, 5) is 6.02. The Morgan fingerprint density at radius 2 is 1.81 bits per heavy atom. The SMILES string of the molecule is O=[P@@](Nc1cc(Cl)ccc1Cl)(c1ccccc1)c1nc2c(s1)CCCC2. The molecule has 1 aliphatic carbocycles. The van der Waals surface area contributed by atoms with Crippen molar-refractivity contribution in [3.05, 3.63) is 69.1 Å². The van der Waals surface area contributed by atoms with Crippen LogP contribution in [0.2, 0.25) is 10.0 Å². The number of thiazole rings is 1. The molecule has 7 heteroatoms. The van der Waals surface area contributed by atoms with Gasteiger partial charge in [-0.1, -0.05) is 41.4 Å². The number of nitrogens with zero attached hydrogens (tertiary/aromatic N) is 1. The third-order valence-electron chi connectivity index (χ3n) is 4.43. The van der Waals surface area contributed by atoms with Gasteiger partial charge in [-0.2, -0.15) is 0 Å². The molecule has 3 nitrogen and oxygen atoms in total. The summed E-state index contributed by atoms with van der Waals surface area (Å²) in [6.45, 7) is 0. The normalized spacial score (nSPS) is 15.9. The van der Waals surface area contributed by atoms with Crippen molar-refractivity contribution in [3.8, 4) is 0 Å². The zero-order valence-electron chi connectivity index (χ0n) is 13.9. The average molecular weight is 423 g/mol. The molecule has 134 valence electrons. The van der Waals surface area contributed by atoms with E-state index in [9.17, 15) is 4.57 Å². The van der Waals surface area contributed by atoms with Gasteiger partial charge in [-0.05, 0) is 56.0 Å². The highest BCUT2D eigenvalue weighted by atomic mass is 35.5. The second-order valence-corrected chi connectivity index (χ2v) is 10.9. The molecule has 1 aromatic heterocycles. The topological polar surface area (TPSA) is 42.0 Å². The number of halogens is 2. The Kier molecular flexibility index (Phi) is 5.11. The van der Waals surface area contributed by atoms with Crippen molar-refractivity contribution in [3.63, 3.8) is 0 Å². The molecule has 1 heterocycles. The Labute approximate surface area is 166 Å². The number of anilines is 1. The highest BCUT2D eigenvalue weighted by molar-refractivity contribution is 7.84. The first-order valence-corrected chi connectivity index (χ1v) is 11.7. The molecule has 0 spiro atoms. The molecule has 1 aliphatic rings. The van der Waals surface area contributed by atoms with Crippen LogP contribution < -0.4 is 15.1 Å². The zero-order chi connectivity index (χ0) is 18.1. The van der Waals surface area contributed by atoms with Gasteiger partial charge in [0.2, 0.25) is 0 Å². The van der Waals surface area contributed by atoms with Gasteiger partial charge in [-0.15, -0.1) is 11.3 Å². The number of hydrogen-bond acceptors (Lipinski definition) is 3. The van der Waals surface area contributed by atoms with E-state index in [4.69, 9.17) is 28.2 Å². The molecule has 0 aliphatic heterocycles. The van der Waals surface area contributed by atoms with Crippen LogP contribution >= 0.6 is 41.8 Å². The molecule has 1 N–H and O–H groups in total. The molecule has 0 saturated heterocycles. The maximum absolute atomic E-state index is 14.2. The van der Waals surface area contributed by atoms with Gasteiger partial charge in [0.1, 0.15) is 0 Å². The summed E-state index contributed by atoms with van der Waals surface area (Å²) in [5.74, 6) is 0. The smallest absolute Gasteiger partial charge is 0.254 e. The third-order valence-corrected chi connectivity index (χ3v) is 9.22. The number of fused-ring (bicyclic) bond motifs is 1. The zero-order valence-corrected chi connectivity index (χ0v) is 17.1. The van der Waals surface area contributed by atoms with Crippen molar-refractivity contribution >= 4 is 57.6 Å². The van der Waals surface area contributed by atoms with Gasteiger partial charge in [0.05, 0.1) is 16.4 Å². The third kappa shape index (κ3) is 3.44. The molecule has 3 aromatic rings. The molecule has 4 rings (SSSR count). The van der Waals surface area contributed by atoms with Crippen molar-refractivity contribution in [2.45, 2.75) is 25.7 Å². The fraction of sp³-hybridized carbons (Fsp3) is 0.211. The van der Waals surface area contributed by atoms with Crippen molar-refractivity contribution in [1.82, 2.24) is 4.98 Å². The molecule has 2 aromatic carbocycles. The molecule has 1 atom stereocenters. The van der Waals surface area contributed by atoms with E-state index in [0.29, 0.717) is 25.8 Å². The van der Waals surface area contributed by atoms with Gasteiger partial charge < -0.3 is 5.09 Å². The van der Waals surface area contributed by atoms with E-state index < -0.39 is 7.29 Å². The number of benzene rings is 2. The largest absolute Gasteiger partial charge is 0.326 e. The molecular weight excluding hydrogens is 406 g/mol. The standard InChI is InChI=1S/C19H17Cl2N2OPS/c20-13-10-11-15(21)17(12-13)23-25(24,14-6-2-1-3-7-14)19-22-16-8-4-5-9-18(16)26-19/h1-3,6-7,10-12H,4-5,8-9H2,(H,23,24)/t25-/m0/s1. The number of rotatable bonds is 4. The second-order valence-electron chi connectivity index (χ2n) is 6.25. The van der Waals surface area contributed by atoms with E-state index >= 15 is 0 Å². The summed E-state index contributed by atoms with van der Waals surface area (Å²) in [5, 5.41) is 4.92. The quantitative estimate of drug-likeness (QED) is 0.550. The van der Waals surface area contributed by atoms with Crippen LogP contribution in [0.1, 0.15) is 23.4 Å². The molecule has 0 saturated carbocycles. The highest BCUT2D eigenvalue weighted by Crippen LogP contribution is 2.47. The van der Waals surface area contributed by atoms with E-state index in [1.165, 1.54) is 4.88 Å². The number of hydrogen-bond donors (Lipinski definition) is 1. The fourth-order valence-electron chi connectivity index (χ4n) is 3.09. The van der Waals surface area contributed by atoms with E-state index in [-0.39, 0.29) is 0 Å². The van der Waals surface area contributed by atoms with Crippen LogP contribution in [0.25, 0.3) is 0 Å². The number of aryl methyl sites for hydroxylation is 2. The maximum Gasteiger partial charge on any atom is 0.254 e. The first-order chi connectivity index (χ1) is 12.6. The number of aromatic nitrogens is 1. The Morgan fingerprint density at radius 1 is 1.04 bits per heavy atom. The summed E-state index contributed by atoms with van der Waals surface area (Å²) < 4.78 is 14.8. The summed E-state index contributed by atoms with van der Waals surface area (Å²) in [6.07, 6.45) is 4.27. The second kappa shape index (κ2) is 7.36. The number of nitrogens with one attached hydrogen (secondary N) is 1. The summed E-state index contributed by atoms with van der Waals surface area (Å²) in [7, 11) is -3.18. The van der Waals surface area contributed by atoms with Crippen molar-refractivity contribution in [1.29, 1.82) is 0 Å². The lowest BCUT2D eigenvalue weighted by Gasteiger charge is -2.20. The Balaban J connectivity index is 1.84. The van der Waals surface area contributed by atoms with Crippen molar-refractivity contribution < 1.29 is 4.57 Å². The lowest BCUT2D eigenvalue weighted by molar-refractivity contribution is 0.590. The first-order valence-electron chi connectivity index (χ1n) is 8.44. The maximum atomic E-state index is 14.2. The van der Waals surface area contributed by atoms with Gasteiger partial charge in [0.15, 0.2) is 4.75 Å². The molecular formula is C19H17Cl2N2OPS. The van der Waals surface area contributed by atoms with Gasteiger partial charge in [-0.25, -0.2) is 4.98 Å². The predicted molar refractivity (Wildman–Crippen MR) is 112 cm³/mol. The first kappa shape index (κ1) is 18.1. The van der Waals surface area contributed by atoms with Gasteiger partial charge in [0, 0.05) is 15.2 Å². The lowest BCUT2D eigenvalue weighted by Crippen LogP contribution is -2.22. The minimum Gasteiger partial charge on any atom is -0.326 e. The van der Waals surface area contributed by atoms with E-state index in [1.54, 1.807) is 29.5 Å². The Morgan fingerprint density at radius 3 is 2.58 bits per heavy atom. The molecule has 0 fully saturated rings. The van der Waals surface area contributed by atoms with Crippen LogP contribution in [0, 0.1) is 0 Å². The summed E-state index contributed by atoms with van der Waals surface area (Å²) >= 11 is 14.0. The molecule has 0 unspecified atom stereocenters. The monoisotopic (exact) mass is 422 g/mol. The van der Waals surface area contributed by atoms with E-state index in [0.717, 1.165) is 31.4 Å². The molecule has 0 amide bonds. The van der Waals surface area contributed by atoms with E-state index in [1.807, 2.05) is 30.3 Å². The van der Waals surface area contributed by atoms with Crippen LogP contribution in [-0.4, -0.2) is 4.98 Å². The molecule has 0 radical (unpaired) electrons. The van der Waals surface area contributed by atoms with E-state index in [2.05, 4.69) is 5.09 Å². The van der Waals surface area contributed by atoms with Crippen LogP contribution in [0.5, 0.6) is 0 Å². The lowest BCUT2D eigenvalue weighted by atomic mass is 10.0. The molecule has 0 bridgehead atoms. The molecule has 26 heavy (non-hydrogen) atoms. The summed E-state index contributed by atoms with van der Waals surface area (Å²) in [6, 6.07) is 14.5. The predicted octanol–water partition coefficient (Wildman–Crippen LogP) is 5.67. The minimum atomic E-state index is -3.18. The van der Waals surface area contributed by atoms with Gasteiger partial charge in [0.25, 0.3) is 7.29 Å². The Hall–Kier alpha value is -1.32. The fourth-order valence-corrected chi connectivity index (χ4v) is 7.50. The summed E-state index contributed by atoms with van der Waals surface area (Å²) in [5.41, 5.74) is 1.64. The van der Waals surface area contributed by atoms with Crippen LogP contribution in [0.4, 0.5) is 5.69 Å². The Bertz CT molecular complexity index is 967. The van der Waals surface area contributed by atoms with Gasteiger partial charge in [-0.3, -0.25) is 4.57 Å². The minimum absolute atomic E-state index is 0.479. The van der Waals surface area contributed by atoms with Crippen LogP contribution in [-0.2, 0) is 17.4 Å². The van der Waals surface area contributed by atoms with Crippen LogP contribution in [0.3, 0.4) is 0 Å². The van der Waals surface area contributed by atoms with Crippen molar-refractivity contribution in [2.24, 2.45) is 0 Å². The highest BCUT2D eigenvalue weighted by Gasteiger charge is 2.33. The average Bonchev–Trinajstić information content (AvgIpc) is 3.10. The van der Waals surface area contributed by atoms with Gasteiger partial charge >= 0.3 is 0 Å².